The third kappa shape index (κ3) is 4.25. The highest BCUT2D eigenvalue weighted by Crippen LogP contribution is 2.28. The number of para-hydroxylation sites is 1. The maximum atomic E-state index is 11.9. The standard InChI is InChI=1S/C16H23N3OS/c1-11(2)9-17-15(20)10-19(4)12(3)16-18-13-7-5-6-8-14(13)21-16/h5-8,11-12H,9-10H2,1-4H3,(H,17,20)/t12-/m0/s1. The van der Waals surface area contributed by atoms with Crippen LogP contribution in [0.1, 0.15) is 31.8 Å². The number of likely N-dealkylation sites (N-methyl/N-ethyl adjacent to an activating group) is 1. The van der Waals surface area contributed by atoms with Gasteiger partial charge in [-0.15, -0.1) is 11.3 Å². The van der Waals surface area contributed by atoms with Crippen molar-refractivity contribution in [1.82, 2.24) is 15.2 Å². The summed E-state index contributed by atoms with van der Waals surface area (Å²) in [6.45, 7) is 7.39. The molecule has 4 nitrogen and oxygen atoms in total. The van der Waals surface area contributed by atoms with Crippen molar-refractivity contribution in [3.63, 3.8) is 0 Å². The lowest BCUT2D eigenvalue weighted by Crippen LogP contribution is -2.37. The van der Waals surface area contributed by atoms with Crippen molar-refractivity contribution in [2.24, 2.45) is 5.92 Å². The van der Waals surface area contributed by atoms with Crippen LogP contribution in [0.4, 0.5) is 0 Å². The zero-order valence-corrected chi connectivity index (χ0v) is 13.9. The van der Waals surface area contributed by atoms with E-state index in [-0.39, 0.29) is 11.9 Å². The van der Waals surface area contributed by atoms with Gasteiger partial charge in [-0.1, -0.05) is 26.0 Å². The molecule has 21 heavy (non-hydrogen) atoms. The maximum Gasteiger partial charge on any atom is 0.234 e. The van der Waals surface area contributed by atoms with Crippen molar-refractivity contribution in [3.8, 4) is 0 Å². The fraction of sp³-hybridized carbons (Fsp3) is 0.500. The van der Waals surface area contributed by atoms with Gasteiger partial charge < -0.3 is 5.32 Å². The summed E-state index contributed by atoms with van der Waals surface area (Å²) in [6.07, 6.45) is 0. The van der Waals surface area contributed by atoms with Gasteiger partial charge in [0, 0.05) is 6.54 Å². The molecular formula is C16H23N3OS. The number of amides is 1. The quantitative estimate of drug-likeness (QED) is 0.892. The Morgan fingerprint density at radius 3 is 2.71 bits per heavy atom. The highest BCUT2D eigenvalue weighted by molar-refractivity contribution is 7.18. The molecule has 1 atom stereocenters. The molecule has 1 amide bonds. The SMILES string of the molecule is CC(C)CNC(=O)CN(C)[C@@H](C)c1nc2ccccc2s1. The van der Waals surface area contributed by atoms with Crippen LogP contribution in [-0.2, 0) is 4.79 Å². The fourth-order valence-electron chi connectivity index (χ4n) is 1.99. The van der Waals surface area contributed by atoms with Crippen LogP contribution < -0.4 is 5.32 Å². The lowest BCUT2D eigenvalue weighted by atomic mass is 10.2. The second-order valence-electron chi connectivity index (χ2n) is 5.81. The number of benzene rings is 1. The first kappa shape index (κ1) is 15.9. The van der Waals surface area contributed by atoms with Gasteiger partial charge in [0.15, 0.2) is 0 Å². The molecule has 2 rings (SSSR count). The second kappa shape index (κ2) is 7.00. The molecule has 1 N–H and O–H groups in total. The first-order valence-corrected chi connectivity index (χ1v) is 8.11. The number of nitrogens with one attached hydrogen (secondary N) is 1. The lowest BCUT2D eigenvalue weighted by molar-refractivity contribution is -0.122. The first-order valence-electron chi connectivity index (χ1n) is 7.29. The Hall–Kier alpha value is -1.46. The van der Waals surface area contributed by atoms with Crippen LogP contribution in [0.5, 0.6) is 0 Å². The minimum absolute atomic E-state index is 0.0687. The van der Waals surface area contributed by atoms with E-state index in [4.69, 9.17) is 0 Å². The van der Waals surface area contributed by atoms with E-state index >= 15 is 0 Å². The molecule has 0 fully saturated rings. The van der Waals surface area contributed by atoms with E-state index in [1.807, 2.05) is 30.1 Å². The highest BCUT2D eigenvalue weighted by atomic mass is 32.1. The van der Waals surface area contributed by atoms with Gasteiger partial charge in [-0.3, -0.25) is 9.69 Å². The summed E-state index contributed by atoms with van der Waals surface area (Å²) in [5, 5.41) is 4.00. The molecule has 0 aliphatic rings. The molecule has 114 valence electrons. The topological polar surface area (TPSA) is 45.2 Å². The summed E-state index contributed by atoms with van der Waals surface area (Å²) < 4.78 is 1.19. The molecular weight excluding hydrogens is 282 g/mol. The Labute approximate surface area is 130 Å². The predicted octanol–water partition coefficient (Wildman–Crippen LogP) is 3.06. The molecule has 0 radical (unpaired) electrons. The Balaban J connectivity index is 1.98. The van der Waals surface area contributed by atoms with Gasteiger partial charge in [-0.2, -0.15) is 0 Å². The van der Waals surface area contributed by atoms with Gasteiger partial charge >= 0.3 is 0 Å². The molecule has 0 unspecified atom stereocenters. The van der Waals surface area contributed by atoms with Crippen molar-refractivity contribution in [3.05, 3.63) is 29.3 Å². The van der Waals surface area contributed by atoms with Crippen molar-refractivity contribution in [1.29, 1.82) is 0 Å². The summed E-state index contributed by atoms with van der Waals surface area (Å²) in [4.78, 5) is 18.6. The van der Waals surface area contributed by atoms with E-state index in [0.29, 0.717) is 12.5 Å². The Bertz CT molecular complexity index is 575. The number of carbonyl (C=O) groups excluding carboxylic acids is 1. The lowest BCUT2D eigenvalue weighted by Gasteiger charge is -2.22. The van der Waals surface area contributed by atoms with E-state index in [0.717, 1.165) is 17.1 Å². The van der Waals surface area contributed by atoms with Gasteiger partial charge in [0.05, 0.1) is 22.8 Å². The molecule has 1 aromatic carbocycles. The molecule has 0 spiro atoms. The number of thiazole rings is 1. The third-order valence-electron chi connectivity index (χ3n) is 3.43. The zero-order valence-electron chi connectivity index (χ0n) is 13.1. The van der Waals surface area contributed by atoms with Crippen molar-refractivity contribution < 1.29 is 4.79 Å². The van der Waals surface area contributed by atoms with E-state index in [1.165, 1.54) is 4.70 Å². The van der Waals surface area contributed by atoms with Gasteiger partial charge in [-0.25, -0.2) is 4.98 Å². The predicted molar refractivity (Wildman–Crippen MR) is 88.5 cm³/mol. The zero-order chi connectivity index (χ0) is 15.4. The Morgan fingerprint density at radius 1 is 1.33 bits per heavy atom. The minimum Gasteiger partial charge on any atom is -0.355 e. The summed E-state index contributed by atoms with van der Waals surface area (Å²) in [6, 6.07) is 8.26. The van der Waals surface area contributed by atoms with E-state index in [1.54, 1.807) is 11.3 Å². The van der Waals surface area contributed by atoms with Gasteiger partial charge in [0.25, 0.3) is 0 Å². The summed E-state index contributed by atoms with van der Waals surface area (Å²) in [5.41, 5.74) is 1.03. The summed E-state index contributed by atoms with van der Waals surface area (Å²) in [5.74, 6) is 0.542. The van der Waals surface area contributed by atoms with Crippen LogP contribution >= 0.6 is 11.3 Å². The monoisotopic (exact) mass is 305 g/mol. The number of carbonyl (C=O) groups is 1. The normalized spacial score (nSPS) is 13.0. The number of rotatable bonds is 6. The molecule has 1 aromatic heterocycles. The molecule has 0 aliphatic carbocycles. The number of hydrogen-bond acceptors (Lipinski definition) is 4. The molecule has 1 heterocycles. The van der Waals surface area contributed by atoms with Crippen molar-refractivity contribution in [2.75, 3.05) is 20.1 Å². The number of fused-ring (bicyclic) bond motifs is 1. The van der Waals surface area contributed by atoms with Gasteiger partial charge in [-0.05, 0) is 32.0 Å². The highest BCUT2D eigenvalue weighted by Gasteiger charge is 2.18. The molecule has 5 heteroatoms. The largest absolute Gasteiger partial charge is 0.355 e. The van der Waals surface area contributed by atoms with Crippen LogP contribution in [0.3, 0.4) is 0 Å². The molecule has 2 aromatic rings. The average molecular weight is 305 g/mol. The van der Waals surface area contributed by atoms with Crippen LogP contribution in [0.15, 0.2) is 24.3 Å². The second-order valence-corrected chi connectivity index (χ2v) is 6.87. The molecule has 0 saturated carbocycles. The maximum absolute atomic E-state index is 11.9. The Kier molecular flexibility index (Phi) is 5.31. The number of aromatic nitrogens is 1. The minimum atomic E-state index is 0.0687. The van der Waals surface area contributed by atoms with E-state index in [9.17, 15) is 4.79 Å². The first-order chi connectivity index (χ1) is 9.97. The van der Waals surface area contributed by atoms with Crippen molar-refractivity contribution in [2.45, 2.75) is 26.8 Å². The van der Waals surface area contributed by atoms with Crippen LogP contribution in [-0.4, -0.2) is 35.9 Å². The Morgan fingerprint density at radius 2 is 2.05 bits per heavy atom. The van der Waals surface area contributed by atoms with Gasteiger partial charge in [0.2, 0.25) is 5.91 Å². The van der Waals surface area contributed by atoms with Gasteiger partial charge in [0.1, 0.15) is 5.01 Å². The fourth-order valence-corrected chi connectivity index (χ4v) is 3.08. The summed E-state index contributed by atoms with van der Waals surface area (Å²) in [7, 11) is 1.96. The molecule has 0 bridgehead atoms. The average Bonchev–Trinajstić information content (AvgIpc) is 2.88. The van der Waals surface area contributed by atoms with Crippen molar-refractivity contribution >= 4 is 27.5 Å². The smallest absolute Gasteiger partial charge is 0.234 e. The van der Waals surface area contributed by atoms with Crippen LogP contribution in [0, 0.1) is 5.92 Å². The van der Waals surface area contributed by atoms with Crippen LogP contribution in [0.25, 0.3) is 10.2 Å². The summed E-state index contributed by atoms with van der Waals surface area (Å²) >= 11 is 1.69. The van der Waals surface area contributed by atoms with Crippen LogP contribution in [0.2, 0.25) is 0 Å². The van der Waals surface area contributed by atoms with E-state index < -0.39 is 0 Å². The molecule has 0 saturated heterocycles. The van der Waals surface area contributed by atoms with E-state index in [2.05, 4.69) is 37.1 Å². The molecule has 0 aliphatic heterocycles. The third-order valence-corrected chi connectivity index (χ3v) is 4.64. The number of nitrogens with zero attached hydrogens (tertiary/aromatic N) is 2. The number of hydrogen-bond donors (Lipinski definition) is 1.